The molecule has 0 aliphatic heterocycles. The molecule has 0 fully saturated rings. The SMILES string of the molecule is COc1ccc(C(C)=O)cc1CNC(=O)N[C@@H](Cc1ccccc1)C(=O)O. The van der Waals surface area contributed by atoms with E-state index in [2.05, 4.69) is 10.6 Å². The second kappa shape index (κ2) is 9.38. The highest BCUT2D eigenvalue weighted by Crippen LogP contribution is 2.20. The zero-order valence-electron chi connectivity index (χ0n) is 15.2. The Labute approximate surface area is 157 Å². The molecule has 2 aromatic carbocycles. The van der Waals surface area contributed by atoms with E-state index >= 15 is 0 Å². The third kappa shape index (κ3) is 5.85. The van der Waals surface area contributed by atoms with E-state index < -0.39 is 18.0 Å². The summed E-state index contributed by atoms with van der Waals surface area (Å²) in [6, 6.07) is 12.3. The van der Waals surface area contributed by atoms with Crippen LogP contribution < -0.4 is 15.4 Å². The van der Waals surface area contributed by atoms with Crippen LogP contribution in [-0.2, 0) is 17.8 Å². The molecule has 0 saturated carbocycles. The van der Waals surface area contributed by atoms with Crippen LogP contribution in [0.2, 0.25) is 0 Å². The van der Waals surface area contributed by atoms with Gasteiger partial charge in [-0.3, -0.25) is 4.79 Å². The lowest BCUT2D eigenvalue weighted by Crippen LogP contribution is -2.46. The summed E-state index contributed by atoms with van der Waals surface area (Å²) in [7, 11) is 1.49. The van der Waals surface area contributed by atoms with Crippen molar-refractivity contribution in [1.82, 2.24) is 10.6 Å². The summed E-state index contributed by atoms with van der Waals surface area (Å²) in [5.74, 6) is -0.693. The van der Waals surface area contributed by atoms with E-state index in [1.54, 1.807) is 30.3 Å². The number of urea groups is 1. The molecule has 1 atom stereocenters. The van der Waals surface area contributed by atoms with Crippen LogP contribution in [0.25, 0.3) is 0 Å². The second-order valence-corrected chi connectivity index (χ2v) is 5.99. The summed E-state index contributed by atoms with van der Waals surface area (Å²) >= 11 is 0. The molecule has 0 aliphatic rings. The van der Waals surface area contributed by atoms with Gasteiger partial charge in [0, 0.05) is 24.1 Å². The molecule has 0 unspecified atom stereocenters. The number of carbonyl (C=O) groups excluding carboxylic acids is 2. The van der Waals surface area contributed by atoms with Gasteiger partial charge in [-0.1, -0.05) is 30.3 Å². The van der Waals surface area contributed by atoms with E-state index in [1.165, 1.54) is 14.0 Å². The van der Waals surface area contributed by atoms with E-state index in [-0.39, 0.29) is 18.7 Å². The van der Waals surface area contributed by atoms with Crippen molar-refractivity contribution in [2.45, 2.75) is 25.9 Å². The van der Waals surface area contributed by atoms with Crippen LogP contribution in [0.5, 0.6) is 5.75 Å². The Morgan fingerprint density at radius 1 is 1.11 bits per heavy atom. The molecule has 0 spiro atoms. The van der Waals surface area contributed by atoms with Gasteiger partial charge >= 0.3 is 12.0 Å². The number of amides is 2. The number of hydrogen-bond acceptors (Lipinski definition) is 4. The molecular formula is C20H22N2O5. The van der Waals surface area contributed by atoms with Crippen molar-refractivity contribution in [2.75, 3.05) is 7.11 Å². The van der Waals surface area contributed by atoms with Crippen LogP contribution in [0.1, 0.15) is 28.4 Å². The van der Waals surface area contributed by atoms with Crippen LogP contribution >= 0.6 is 0 Å². The number of carboxylic acids is 1. The van der Waals surface area contributed by atoms with Gasteiger partial charge in [-0.15, -0.1) is 0 Å². The number of Topliss-reactive ketones (excluding diaryl/α,β-unsaturated/α-hetero) is 1. The molecule has 7 heteroatoms. The maximum Gasteiger partial charge on any atom is 0.326 e. The average Bonchev–Trinajstić information content (AvgIpc) is 2.66. The topological polar surface area (TPSA) is 105 Å². The first kappa shape index (κ1) is 20.0. The monoisotopic (exact) mass is 370 g/mol. The van der Waals surface area contributed by atoms with Gasteiger partial charge in [0.2, 0.25) is 0 Å². The second-order valence-electron chi connectivity index (χ2n) is 5.99. The van der Waals surface area contributed by atoms with E-state index in [4.69, 9.17) is 4.74 Å². The number of nitrogens with one attached hydrogen (secondary N) is 2. The van der Waals surface area contributed by atoms with Gasteiger partial charge in [-0.25, -0.2) is 9.59 Å². The highest BCUT2D eigenvalue weighted by Gasteiger charge is 2.20. The summed E-state index contributed by atoms with van der Waals surface area (Å²) in [6.45, 7) is 1.54. The van der Waals surface area contributed by atoms with E-state index in [9.17, 15) is 19.5 Å². The maximum absolute atomic E-state index is 12.1. The van der Waals surface area contributed by atoms with Gasteiger partial charge in [-0.2, -0.15) is 0 Å². The summed E-state index contributed by atoms with van der Waals surface area (Å²) < 4.78 is 5.23. The largest absolute Gasteiger partial charge is 0.496 e. The van der Waals surface area contributed by atoms with Crippen LogP contribution in [-0.4, -0.2) is 36.0 Å². The van der Waals surface area contributed by atoms with Gasteiger partial charge in [0.25, 0.3) is 0 Å². The summed E-state index contributed by atoms with van der Waals surface area (Å²) in [4.78, 5) is 35.1. The van der Waals surface area contributed by atoms with Crippen molar-refractivity contribution < 1.29 is 24.2 Å². The molecule has 3 N–H and O–H groups in total. The molecule has 0 heterocycles. The van der Waals surface area contributed by atoms with Crippen molar-refractivity contribution in [2.24, 2.45) is 0 Å². The van der Waals surface area contributed by atoms with E-state index in [0.29, 0.717) is 16.9 Å². The lowest BCUT2D eigenvalue weighted by atomic mass is 10.1. The molecule has 27 heavy (non-hydrogen) atoms. The Balaban J connectivity index is 2.01. The van der Waals surface area contributed by atoms with Gasteiger partial charge in [0.15, 0.2) is 5.78 Å². The zero-order chi connectivity index (χ0) is 19.8. The standard InChI is InChI=1S/C20H22N2O5/c1-13(23)15-8-9-18(27-2)16(11-15)12-21-20(26)22-17(19(24)25)10-14-6-4-3-5-7-14/h3-9,11,17H,10,12H2,1-2H3,(H,24,25)(H2,21,22,26)/t17-/m0/s1. The molecule has 142 valence electrons. The number of benzene rings is 2. The number of carbonyl (C=O) groups is 3. The fraction of sp³-hybridized carbons (Fsp3) is 0.250. The van der Waals surface area contributed by atoms with Crippen molar-refractivity contribution >= 4 is 17.8 Å². The molecule has 0 saturated heterocycles. The molecule has 2 rings (SSSR count). The fourth-order valence-corrected chi connectivity index (χ4v) is 2.57. The number of ketones is 1. The van der Waals surface area contributed by atoms with Crippen LogP contribution in [0, 0.1) is 0 Å². The first-order valence-corrected chi connectivity index (χ1v) is 8.39. The highest BCUT2D eigenvalue weighted by atomic mass is 16.5. The van der Waals surface area contributed by atoms with Crippen LogP contribution in [0.15, 0.2) is 48.5 Å². The predicted octanol–water partition coefficient (Wildman–Crippen LogP) is 2.39. The smallest absolute Gasteiger partial charge is 0.326 e. The van der Waals surface area contributed by atoms with Crippen molar-refractivity contribution in [1.29, 1.82) is 0 Å². The first-order valence-electron chi connectivity index (χ1n) is 8.39. The van der Waals surface area contributed by atoms with Gasteiger partial charge < -0.3 is 20.5 Å². The minimum Gasteiger partial charge on any atom is -0.496 e. The van der Waals surface area contributed by atoms with Gasteiger partial charge in [0.05, 0.1) is 7.11 Å². The summed E-state index contributed by atoms with van der Waals surface area (Å²) in [5.41, 5.74) is 1.93. The average molecular weight is 370 g/mol. The Kier molecular flexibility index (Phi) is 6.93. The number of carboxylic acid groups (broad SMARTS) is 1. The third-order valence-corrected chi connectivity index (χ3v) is 4.01. The summed E-state index contributed by atoms with van der Waals surface area (Å²) in [5, 5.41) is 14.4. The fourth-order valence-electron chi connectivity index (χ4n) is 2.57. The molecule has 0 aliphatic carbocycles. The minimum absolute atomic E-state index is 0.0911. The normalized spacial score (nSPS) is 11.3. The quantitative estimate of drug-likeness (QED) is 0.619. The first-order chi connectivity index (χ1) is 12.9. The summed E-state index contributed by atoms with van der Waals surface area (Å²) in [6.07, 6.45) is 0.173. The molecular weight excluding hydrogens is 348 g/mol. The number of methoxy groups -OCH3 is 1. The molecule has 0 radical (unpaired) electrons. The Hall–Kier alpha value is -3.35. The molecule has 2 amide bonds. The Morgan fingerprint density at radius 2 is 1.81 bits per heavy atom. The highest BCUT2D eigenvalue weighted by molar-refractivity contribution is 5.94. The lowest BCUT2D eigenvalue weighted by Gasteiger charge is -2.16. The molecule has 2 aromatic rings. The van der Waals surface area contributed by atoms with Crippen molar-refractivity contribution in [3.8, 4) is 5.75 Å². The zero-order valence-corrected chi connectivity index (χ0v) is 15.2. The predicted molar refractivity (Wildman–Crippen MR) is 99.9 cm³/mol. The van der Waals surface area contributed by atoms with Gasteiger partial charge in [-0.05, 0) is 30.7 Å². The molecule has 0 bridgehead atoms. The van der Waals surface area contributed by atoms with Crippen molar-refractivity contribution in [3.05, 3.63) is 65.2 Å². The number of rotatable bonds is 8. The maximum atomic E-state index is 12.1. The van der Waals surface area contributed by atoms with Crippen molar-refractivity contribution in [3.63, 3.8) is 0 Å². The number of hydrogen-bond donors (Lipinski definition) is 3. The minimum atomic E-state index is -1.12. The van der Waals surface area contributed by atoms with E-state index in [0.717, 1.165) is 5.56 Å². The van der Waals surface area contributed by atoms with Crippen LogP contribution in [0.3, 0.4) is 0 Å². The number of ether oxygens (including phenoxy) is 1. The Morgan fingerprint density at radius 3 is 2.41 bits per heavy atom. The Bertz CT molecular complexity index is 820. The lowest BCUT2D eigenvalue weighted by molar-refractivity contribution is -0.139. The van der Waals surface area contributed by atoms with Crippen LogP contribution in [0.4, 0.5) is 4.79 Å². The van der Waals surface area contributed by atoms with Gasteiger partial charge in [0.1, 0.15) is 11.8 Å². The molecule has 7 nitrogen and oxygen atoms in total. The number of aliphatic carboxylic acids is 1. The third-order valence-electron chi connectivity index (χ3n) is 4.01. The molecule has 0 aromatic heterocycles. The van der Waals surface area contributed by atoms with E-state index in [1.807, 2.05) is 18.2 Å².